The third-order valence-electron chi connectivity index (χ3n) is 7.00. The second-order valence-corrected chi connectivity index (χ2v) is 8.38. The molecule has 5 atom stereocenters. The Morgan fingerprint density at radius 1 is 0.862 bits per heavy atom. The summed E-state index contributed by atoms with van der Waals surface area (Å²) >= 11 is 0. The first-order valence-electron chi connectivity index (χ1n) is 10.4. The van der Waals surface area contributed by atoms with Crippen molar-refractivity contribution in [3.8, 4) is 0 Å². The molecule has 5 nitrogen and oxygen atoms in total. The van der Waals surface area contributed by atoms with Crippen molar-refractivity contribution in [1.29, 1.82) is 0 Å². The van der Waals surface area contributed by atoms with Crippen LogP contribution in [0.25, 0.3) is 10.9 Å². The summed E-state index contributed by atoms with van der Waals surface area (Å²) in [5.41, 5.74) is 2.57. The minimum atomic E-state index is -0.323. The third kappa shape index (κ3) is 2.34. The molecule has 144 valence electrons. The molecule has 1 unspecified atom stereocenters. The third-order valence-corrected chi connectivity index (χ3v) is 7.00. The number of anilines is 1. The quantitative estimate of drug-likeness (QED) is 0.689. The summed E-state index contributed by atoms with van der Waals surface area (Å²) in [6, 6.07) is 21.7. The molecular weight excluding hydrogens is 362 g/mol. The average molecular weight is 384 g/mol. The Kier molecular flexibility index (Phi) is 3.62. The summed E-state index contributed by atoms with van der Waals surface area (Å²) in [6.07, 6.45) is 2.10. The Labute approximate surface area is 168 Å². The number of para-hydroxylation sites is 2. The molecule has 1 N–H and O–H groups in total. The molecule has 0 saturated carbocycles. The molecule has 5 heteroatoms. The highest BCUT2D eigenvalue weighted by Gasteiger charge is 2.67. The smallest absolute Gasteiger partial charge is 0.244 e. The van der Waals surface area contributed by atoms with Gasteiger partial charge >= 0.3 is 0 Å². The van der Waals surface area contributed by atoms with Crippen molar-refractivity contribution in [3.63, 3.8) is 0 Å². The van der Waals surface area contributed by atoms with E-state index in [9.17, 15) is 9.59 Å². The topological polar surface area (TPSA) is 54.7 Å². The monoisotopic (exact) mass is 384 g/mol. The van der Waals surface area contributed by atoms with Gasteiger partial charge in [0, 0.05) is 18.2 Å². The fourth-order valence-corrected chi connectivity index (χ4v) is 5.87. The first-order valence-corrected chi connectivity index (χ1v) is 10.4. The van der Waals surface area contributed by atoms with Crippen LogP contribution in [0.15, 0.2) is 66.7 Å². The van der Waals surface area contributed by atoms with Gasteiger partial charge in [-0.05, 0) is 24.3 Å². The summed E-state index contributed by atoms with van der Waals surface area (Å²) in [5, 5.41) is 1.10. The number of rotatable bonds is 2. The van der Waals surface area contributed by atoms with Crippen LogP contribution >= 0.6 is 0 Å². The minimum Gasteiger partial charge on any atom is -0.324 e. The van der Waals surface area contributed by atoms with Crippen molar-refractivity contribution < 1.29 is 14.5 Å². The Morgan fingerprint density at radius 3 is 2.48 bits per heavy atom. The highest BCUT2D eigenvalue weighted by atomic mass is 16.2. The molecule has 3 aliphatic heterocycles. The maximum Gasteiger partial charge on any atom is 0.244 e. The molecule has 6 rings (SSSR count). The zero-order valence-corrected chi connectivity index (χ0v) is 16.0. The van der Waals surface area contributed by atoms with Gasteiger partial charge in [-0.3, -0.25) is 9.59 Å². The number of hydrogen-bond acceptors (Lipinski definition) is 3. The molecule has 4 heterocycles. The van der Waals surface area contributed by atoms with Gasteiger partial charge in [-0.1, -0.05) is 42.5 Å². The van der Waals surface area contributed by atoms with E-state index in [0.29, 0.717) is 5.69 Å². The number of hydrogen-bond donors (Lipinski definition) is 1. The van der Waals surface area contributed by atoms with Gasteiger partial charge in [-0.2, -0.15) is 0 Å². The maximum atomic E-state index is 13.5. The summed E-state index contributed by atoms with van der Waals surface area (Å²) in [7, 11) is 0. The molecule has 0 bridgehead atoms. The Morgan fingerprint density at radius 2 is 1.62 bits per heavy atom. The Balaban J connectivity index is 1.46. The van der Waals surface area contributed by atoms with Crippen molar-refractivity contribution >= 4 is 28.4 Å². The van der Waals surface area contributed by atoms with Crippen molar-refractivity contribution in [1.82, 2.24) is 4.98 Å². The second kappa shape index (κ2) is 6.22. The molecule has 3 saturated heterocycles. The van der Waals surface area contributed by atoms with Gasteiger partial charge < -0.3 is 4.90 Å². The number of carbonyl (C=O) groups excluding carboxylic acids is 2. The lowest BCUT2D eigenvalue weighted by Crippen LogP contribution is -3.12. The van der Waals surface area contributed by atoms with Crippen molar-refractivity contribution in [2.75, 3.05) is 11.4 Å². The van der Waals surface area contributed by atoms with E-state index in [4.69, 9.17) is 4.98 Å². The minimum absolute atomic E-state index is 0.0288. The summed E-state index contributed by atoms with van der Waals surface area (Å²) in [5.74, 6) is -0.651. The van der Waals surface area contributed by atoms with Gasteiger partial charge in [0.05, 0.1) is 23.4 Å². The van der Waals surface area contributed by atoms with Crippen molar-refractivity contribution in [2.45, 2.75) is 24.9 Å². The van der Waals surface area contributed by atoms with Gasteiger partial charge in [-0.25, -0.2) is 9.88 Å². The fraction of sp³-hybridized carbons (Fsp3) is 0.292. The van der Waals surface area contributed by atoms with Crippen LogP contribution in [0.3, 0.4) is 0 Å². The van der Waals surface area contributed by atoms with E-state index >= 15 is 0 Å². The number of fused-ring (bicyclic) bond motifs is 4. The molecule has 3 fully saturated rings. The molecule has 1 aromatic heterocycles. The highest BCUT2D eigenvalue weighted by molar-refractivity contribution is 6.22. The predicted molar refractivity (Wildman–Crippen MR) is 109 cm³/mol. The number of amides is 2. The Bertz CT molecular complexity index is 1130. The number of quaternary nitrogens is 1. The molecule has 2 aromatic carbocycles. The average Bonchev–Trinajstić information content (AvgIpc) is 3.40. The predicted octanol–water partition coefficient (Wildman–Crippen LogP) is 2.14. The molecule has 2 amide bonds. The maximum absolute atomic E-state index is 13.5. The second-order valence-electron chi connectivity index (χ2n) is 8.38. The van der Waals surface area contributed by atoms with Crippen LogP contribution in [0.4, 0.5) is 5.69 Å². The molecule has 0 aliphatic carbocycles. The lowest BCUT2D eigenvalue weighted by molar-refractivity contribution is -0.932. The molecule has 0 spiro atoms. The van der Waals surface area contributed by atoms with E-state index in [-0.39, 0.29) is 35.7 Å². The standard InChI is InChI=1S/C24H21N3O2/c28-23-20-19-11-6-14-26(19)22(18-13-12-15-7-4-5-10-17(15)25-18)21(20)24(29)27(23)16-8-2-1-3-9-16/h1-5,7-10,12-13,19-22H,6,11,14H2/p+1/t19-,20+,21+,22+/m0/s1. The van der Waals surface area contributed by atoms with Gasteiger partial charge in [-0.15, -0.1) is 0 Å². The zero-order valence-electron chi connectivity index (χ0n) is 16.0. The van der Waals surface area contributed by atoms with E-state index in [1.165, 1.54) is 9.80 Å². The lowest BCUT2D eigenvalue weighted by Gasteiger charge is -2.25. The van der Waals surface area contributed by atoms with Gasteiger partial charge in [0.25, 0.3) is 0 Å². The largest absolute Gasteiger partial charge is 0.324 e. The number of nitrogens with zero attached hydrogens (tertiary/aromatic N) is 2. The normalized spacial score (nSPS) is 30.8. The van der Waals surface area contributed by atoms with Crippen LogP contribution in [-0.2, 0) is 9.59 Å². The van der Waals surface area contributed by atoms with E-state index < -0.39 is 0 Å². The summed E-state index contributed by atoms with van der Waals surface area (Å²) in [6.45, 7) is 1.00. The number of imide groups is 1. The van der Waals surface area contributed by atoms with E-state index in [2.05, 4.69) is 18.2 Å². The van der Waals surface area contributed by atoms with Crippen LogP contribution < -0.4 is 9.80 Å². The summed E-state index contributed by atoms with van der Waals surface area (Å²) < 4.78 is 0. The number of carbonyl (C=O) groups is 2. The van der Waals surface area contributed by atoms with Crippen LogP contribution in [0.5, 0.6) is 0 Å². The van der Waals surface area contributed by atoms with Crippen LogP contribution in [-0.4, -0.2) is 29.4 Å². The first kappa shape index (κ1) is 16.9. The van der Waals surface area contributed by atoms with E-state index in [0.717, 1.165) is 36.0 Å². The first-order chi connectivity index (χ1) is 14.2. The lowest BCUT2D eigenvalue weighted by atomic mass is 9.86. The van der Waals surface area contributed by atoms with Crippen LogP contribution in [0, 0.1) is 11.8 Å². The molecule has 3 aromatic rings. The summed E-state index contributed by atoms with van der Waals surface area (Å²) in [4.78, 5) is 34.7. The van der Waals surface area contributed by atoms with Crippen molar-refractivity contribution in [2.24, 2.45) is 11.8 Å². The number of benzene rings is 2. The fourth-order valence-electron chi connectivity index (χ4n) is 5.87. The number of aromatic nitrogens is 1. The number of pyridine rings is 1. The SMILES string of the molecule is O=C1[C@@H]2[C@H](C(=O)N1c1ccccc1)[C@@H]1CCC[NH+]1[C@@H]2c1ccc2ccccc2n1. The molecule has 29 heavy (non-hydrogen) atoms. The number of nitrogens with one attached hydrogen (secondary N) is 1. The van der Waals surface area contributed by atoms with Gasteiger partial charge in [0.2, 0.25) is 11.8 Å². The van der Waals surface area contributed by atoms with Gasteiger partial charge in [0.15, 0.2) is 0 Å². The van der Waals surface area contributed by atoms with Crippen molar-refractivity contribution in [3.05, 3.63) is 72.4 Å². The molecular formula is C24H22N3O2+. The van der Waals surface area contributed by atoms with E-state index in [1.54, 1.807) is 0 Å². The molecule has 0 radical (unpaired) electrons. The molecule has 3 aliphatic rings. The van der Waals surface area contributed by atoms with E-state index in [1.807, 2.05) is 48.5 Å². The highest BCUT2D eigenvalue weighted by Crippen LogP contribution is 2.44. The Hall–Kier alpha value is -3.05. The zero-order chi connectivity index (χ0) is 19.5. The van der Waals surface area contributed by atoms with Crippen LogP contribution in [0.2, 0.25) is 0 Å². The van der Waals surface area contributed by atoms with Crippen LogP contribution in [0.1, 0.15) is 24.6 Å². The van der Waals surface area contributed by atoms with Gasteiger partial charge in [0.1, 0.15) is 23.9 Å².